The van der Waals surface area contributed by atoms with Crippen molar-refractivity contribution >= 4 is 28.7 Å². The normalized spacial score (nSPS) is 10.8. The number of methoxy groups -OCH3 is 1. The maximum Gasteiger partial charge on any atom is 0.148 e. The molecule has 0 radical (unpaired) electrons. The molecule has 0 saturated heterocycles. The van der Waals surface area contributed by atoms with E-state index in [9.17, 15) is 0 Å². The third-order valence-electron chi connectivity index (χ3n) is 2.29. The Morgan fingerprint density at radius 3 is 2.67 bits per heavy atom. The van der Waals surface area contributed by atoms with Crippen LogP contribution in [0.1, 0.15) is 0 Å². The molecule has 4 nitrogen and oxygen atoms in total. The minimum Gasteiger partial charge on any atom is -0.494 e. The van der Waals surface area contributed by atoms with Crippen LogP contribution < -0.4 is 10.5 Å². The number of nitrogen functional groups attached to an aromatic ring is 1. The Balaban J connectivity index is 2.28. The Labute approximate surface area is 110 Å². The Hall–Kier alpha value is -2.07. The van der Waals surface area contributed by atoms with Gasteiger partial charge in [-0.1, -0.05) is 17.7 Å². The molecule has 0 spiro atoms. The van der Waals surface area contributed by atoms with E-state index >= 15 is 0 Å². The summed E-state index contributed by atoms with van der Waals surface area (Å²) in [6.07, 6.45) is 0. The van der Waals surface area contributed by atoms with Crippen LogP contribution in [0, 0.1) is 0 Å². The molecule has 18 heavy (non-hydrogen) atoms. The van der Waals surface area contributed by atoms with Crippen molar-refractivity contribution in [2.45, 2.75) is 0 Å². The molecule has 0 aliphatic heterocycles. The summed E-state index contributed by atoms with van der Waals surface area (Å²) < 4.78 is 5.18. The van der Waals surface area contributed by atoms with Gasteiger partial charge in [-0.3, -0.25) is 0 Å². The number of hydrogen-bond acceptors (Lipinski definition) is 4. The van der Waals surface area contributed by atoms with Crippen LogP contribution in [0.2, 0.25) is 5.02 Å². The van der Waals surface area contributed by atoms with Crippen LogP contribution in [-0.4, -0.2) is 7.11 Å². The van der Waals surface area contributed by atoms with Gasteiger partial charge >= 0.3 is 0 Å². The van der Waals surface area contributed by atoms with Crippen molar-refractivity contribution in [1.82, 2.24) is 0 Å². The van der Waals surface area contributed by atoms with Crippen LogP contribution in [-0.2, 0) is 0 Å². The summed E-state index contributed by atoms with van der Waals surface area (Å²) in [6.45, 7) is 0. The molecule has 0 aromatic heterocycles. The second-order valence-electron chi connectivity index (χ2n) is 3.61. The van der Waals surface area contributed by atoms with Gasteiger partial charge in [0.15, 0.2) is 0 Å². The van der Waals surface area contributed by atoms with E-state index in [-0.39, 0.29) is 0 Å². The zero-order valence-electron chi connectivity index (χ0n) is 9.80. The maximum atomic E-state index is 5.86. The average Bonchev–Trinajstić information content (AvgIpc) is 2.37. The van der Waals surface area contributed by atoms with Crippen LogP contribution in [0.4, 0.5) is 17.1 Å². The third kappa shape index (κ3) is 2.99. The molecule has 0 saturated carbocycles. The first-order valence-electron chi connectivity index (χ1n) is 5.30. The van der Waals surface area contributed by atoms with Crippen molar-refractivity contribution < 1.29 is 4.74 Å². The highest BCUT2D eigenvalue weighted by molar-refractivity contribution is 6.30. The lowest BCUT2D eigenvalue weighted by molar-refractivity contribution is 0.416. The van der Waals surface area contributed by atoms with Crippen molar-refractivity contribution in [3.63, 3.8) is 0 Å². The van der Waals surface area contributed by atoms with Crippen molar-refractivity contribution in [1.29, 1.82) is 0 Å². The topological polar surface area (TPSA) is 60.0 Å². The van der Waals surface area contributed by atoms with Crippen molar-refractivity contribution in [3.8, 4) is 5.75 Å². The van der Waals surface area contributed by atoms with Crippen LogP contribution in [0.3, 0.4) is 0 Å². The number of hydrogen-bond donors (Lipinski definition) is 1. The Bertz CT molecular complexity index is 584. The van der Waals surface area contributed by atoms with E-state index in [1.54, 1.807) is 37.4 Å². The van der Waals surface area contributed by atoms with Crippen molar-refractivity contribution in [2.24, 2.45) is 10.2 Å². The number of nitrogens with zero attached hydrogens (tertiary/aromatic N) is 2. The fourth-order valence-electron chi connectivity index (χ4n) is 1.43. The molecule has 2 aromatic carbocycles. The van der Waals surface area contributed by atoms with Crippen molar-refractivity contribution in [2.75, 3.05) is 12.8 Å². The van der Waals surface area contributed by atoms with Crippen LogP contribution in [0.15, 0.2) is 52.7 Å². The van der Waals surface area contributed by atoms with Gasteiger partial charge in [-0.2, -0.15) is 5.11 Å². The number of azo groups is 1. The van der Waals surface area contributed by atoms with E-state index in [0.29, 0.717) is 27.8 Å². The SMILES string of the molecule is COc1cc(N)ccc1N=Nc1cccc(Cl)c1. The van der Waals surface area contributed by atoms with Gasteiger partial charge in [0.05, 0.1) is 12.8 Å². The lowest BCUT2D eigenvalue weighted by Crippen LogP contribution is -1.87. The molecular formula is C13H12ClN3O. The fraction of sp³-hybridized carbons (Fsp3) is 0.0769. The molecular weight excluding hydrogens is 250 g/mol. The highest BCUT2D eigenvalue weighted by Crippen LogP contribution is 2.31. The lowest BCUT2D eigenvalue weighted by Gasteiger charge is -2.03. The number of benzene rings is 2. The molecule has 0 unspecified atom stereocenters. The van der Waals surface area contributed by atoms with Crippen LogP contribution >= 0.6 is 11.6 Å². The highest BCUT2D eigenvalue weighted by Gasteiger charge is 2.02. The standard InChI is InChI=1S/C13H12ClN3O/c1-18-13-8-10(15)5-6-12(13)17-16-11-4-2-3-9(14)7-11/h2-8H,15H2,1H3. The molecule has 0 aliphatic carbocycles. The predicted molar refractivity (Wildman–Crippen MR) is 73.0 cm³/mol. The molecule has 2 aromatic rings. The molecule has 5 heteroatoms. The minimum atomic E-state index is 0.584. The van der Waals surface area contributed by atoms with E-state index in [1.165, 1.54) is 0 Å². The quantitative estimate of drug-likeness (QED) is 0.660. The molecule has 92 valence electrons. The molecule has 0 aliphatic rings. The first-order valence-corrected chi connectivity index (χ1v) is 5.67. The van der Waals surface area contributed by atoms with Gasteiger partial charge in [-0.05, 0) is 30.3 Å². The molecule has 2 N–H and O–H groups in total. The Morgan fingerprint density at radius 1 is 1.11 bits per heavy atom. The van der Waals surface area contributed by atoms with Crippen molar-refractivity contribution in [3.05, 3.63) is 47.5 Å². The second kappa shape index (κ2) is 5.51. The van der Waals surface area contributed by atoms with Crippen LogP contribution in [0.5, 0.6) is 5.75 Å². The smallest absolute Gasteiger partial charge is 0.148 e. The van der Waals surface area contributed by atoms with E-state index in [2.05, 4.69) is 10.2 Å². The van der Waals surface area contributed by atoms with Gasteiger partial charge in [0.2, 0.25) is 0 Å². The Morgan fingerprint density at radius 2 is 1.94 bits per heavy atom. The number of ether oxygens (including phenoxy) is 1. The van der Waals surface area contributed by atoms with E-state index in [1.807, 2.05) is 12.1 Å². The molecule has 0 amide bonds. The van der Waals surface area contributed by atoms with Crippen LogP contribution in [0.25, 0.3) is 0 Å². The summed E-state index contributed by atoms with van der Waals surface area (Å²) in [7, 11) is 1.56. The summed E-state index contributed by atoms with van der Waals surface area (Å²) in [4.78, 5) is 0. The third-order valence-corrected chi connectivity index (χ3v) is 2.52. The Kier molecular flexibility index (Phi) is 3.79. The predicted octanol–water partition coefficient (Wildman–Crippen LogP) is 4.35. The zero-order valence-corrected chi connectivity index (χ0v) is 10.6. The first kappa shape index (κ1) is 12.4. The molecule has 0 heterocycles. The van der Waals surface area contributed by atoms with Gasteiger partial charge in [0, 0.05) is 16.8 Å². The lowest BCUT2D eigenvalue weighted by atomic mass is 10.2. The number of nitrogens with two attached hydrogens (primary N) is 1. The maximum absolute atomic E-state index is 5.86. The fourth-order valence-corrected chi connectivity index (χ4v) is 1.61. The summed E-state index contributed by atoms with van der Waals surface area (Å²) in [5, 5.41) is 8.83. The summed E-state index contributed by atoms with van der Waals surface area (Å²) in [5.41, 5.74) is 7.58. The van der Waals surface area contributed by atoms with E-state index in [0.717, 1.165) is 0 Å². The molecule has 2 rings (SSSR count). The van der Waals surface area contributed by atoms with E-state index in [4.69, 9.17) is 22.1 Å². The summed E-state index contributed by atoms with van der Waals surface area (Å²) in [6, 6.07) is 12.3. The van der Waals surface area contributed by atoms with Gasteiger partial charge in [-0.25, -0.2) is 0 Å². The highest BCUT2D eigenvalue weighted by atomic mass is 35.5. The molecule has 0 atom stereocenters. The number of rotatable bonds is 3. The van der Waals surface area contributed by atoms with Gasteiger partial charge < -0.3 is 10.5 Å². The largest absolute Gasteiger partial charge is 0.494 e. The second-order valence-corrected chi connectivity index (χ2v) is 4.05. The number of halogens is 1. The summed E-state index contributed by atoms with van der Waals surface area (Å²) in [5.74, 6) is 0.584. The minimum absolute atomic E-state index is 0.584. The monoisotopic (exact) mass is 261 g/mol. The average molecular weight is 262 g/mol. The van der Waals surface area contributed by atoms with Gasteiger partial charge in [0.1, 0.15) is 11.4 Å². The molecule has 0 fully saturated rings. The van der Waals surface area contributed by atoms with Gasteiger partial charge in [-0.15, -0.1) is 5.11 Å². The first-order chi connectivity index (χ1) is 8.69. The van der Waals surface area contributed by atoms with E-state index < -0.39 is 0 Å². The zero-order chi connectivity index (χ0) is 13.0. The molecule has 0 bridgehead atoms. The summed E-state index contributed by atoms with van der Waals surface area (Å²) >= 11 is 5.86. The van der Waals surface area contributed by atoms with Gasteiger partial charge in [0.25, 0.3) is 0 Å². The number of anilines is 1.